The molecule has 0 unspecified atom stereocenters. The van der Waals surface area contributed by atoms with Crippen LogP contribution in [0.5, 0.6) is 0 Å². The van der Waals surface area contributed by atoms with Crippen LogP contribution >= 0.6 is 0 Å². The molecule has 0 rings (SSSR count). The first-order valence-electron chi connectivity index (χ1n) is 20.0. The van der Waals surface area contributed by atoms with E-state index in [0.29, 0.717) is 19.4 Å². The number of ether oxygens (including phenoxy) is 1. The van der Waals surface area contributed by atoms with Crippen molar-refractivity contribution in [2.24, 2.45) is 0 Å². The maximum atomic E-state index is 11.7. The molecule has 0 aliphatic rings. The van der Waals surface area contributed by atoms with Crippen LogP contribution in [-0.2, 0) is 14.3 Å². The third-order valence-electron chi connectivity index (χ3n) is 8.74. The van der Waals surface area contributed by atoms with Gasteiger partial charge in [0.2, 0.25) is 0 Å². The third-order valence-corrected chi connectivity index (χ3v) is 8.74. The number of aliphatic carboxylic acids is 1. The Morgan fingerprint density at radius 1 is 0.400 bits per heavy atom. The van der Waals surface area contributed by atoms with E-state index in [2.05, 4.69) is 20.8 Å². The van der Waals surface area contributed by atoms with Crippen molar-refractivity contribution in [3.63, 3.8) is 0 Å². The molecule has 0 heterocycles. The third kappa shape index (κ3) is 51.2. The van der Waals surface area contributed by atoms with Crippen molar-refractivity contribution in [3.05, 3.63) is 0 Å². The minimum absolute atomic E-state index is 0. The fraction of sp³-hybridized carbons (Fsp3) is 0.950. The Balaban J connectivity index is -0.000000267. The molecule has 5 heteroatoms. The zero-order chi connectivity index (χ0) is 32.6. The first-order valence-corrected chi connectivity index (χ1v) is 20.0. The van der Waals surface area contributed by atoms with Crippen LogP contribution in [0.15, 0.2) is 0 Å². The predicted octanol–water partition coefficient (Wildman–Crippen LogP) is 13.8. The number of hydrogen-bond donors (Lipinski definition) is 1. The fourth-order valence-corrected chi connectivity index (χ4v) is 5.72. The summed E-state index contributed by atoms with van der Waals surface area (Å²) in [6, 6.07) is 0. The SMILES string of the molecule is CCCCCCCCCCCCCC(=O)O.CCCCCCCCCCCCCC(=O)OCCCCCCCCCCCC.[Ca+2].[H-].[H-]. The van der Waals surface area contributed by atoms with Crippen LogP contribution < -0.4 is 0 Å². The molecule has 0 saturated carbocycles. The summed E-state index contributed by atoms with van der Waals surface area (Å²) in [5.41, 5.74) is 0. The smallest absolute Gasteiger partial charge is 1.00 e. The zero-order valence-electron chi connectivity index (χ0n) is 33.1. The summed E-state index contributed by atoms with van der Waals surface area (Å²) in [6.07, 6.45) is 42.7. The van der Waals surface area contributed by atoms with Crippen molar-refractivity contribution in [2.45, 2.75) is 239 Å². The Bertz CT molecular complexity index is 538. The molecule has 0 aromatic heterocycles. The molecule has 0 amide bonds. The minimum Gasteiger partial charge on any atom is -1.00 e. The molecular formula is C40H82CaO4. The Labute approximate surface area is 315 Å². The van der Waals surface area contributed by atoms with E-state index in [0.717, 1.165) is 25.7 Å². The molecule has 0 aliphatic heterocycles. The van der Waals surface area contributed by atoms with Crippen LogP contribution in [-0.4, -0.2) is 61.4 Å². The van der Waals surface area contributed by atoms with Crippen LogP contribution in [0.3, 0.4) is 0 Å². The van der Waals surface area contributed by atoms with E-state index in [1.54, 1.807) is 0 Å². The predicted molar refractivity (Wildman–Crippen MR) is 201 cm³/mol. The summed E-state index contributed by atoms with van der Waals surface area (Å²) < 4.78 is 5.37. The molecule has 0 spiro atoms. The molecule has 45 heavy (non-hydrogen) atoms. The van der Waals surface area contributed by atoms with Crippen LogP contribution in [0.4, 0.5) is 0 Å². The Kier molecular flexibility index (Phi) is 51.0. The Morgan fingerprint density at radius 3 is 0.933 bits per heavy atom. The van der Waals surface area contributed by atoms with E-state index in [9.17, 15) is 9.59 Å². The summed E-state index contributed by atoms with van der Waals surface area (Å²) in [6.45, 7) is 7.42. The van der Waals surface area contributed by atoms with Crippen LogP contribution in [0.2, 0.25) is 0 Å². The van der Waals surface area contributed by atoms with Crippen LogP contribution in [0.25, 0.3) is 0 Å². The van der Waals surface area contributed by atoms with Gasteiger partial charge in [-0.2, -0.15) is 0 Å². The second-order valence-corrected chi connectivity index (χ2v) is 13.4. The standard InChI is InChI=1S/C26H52O2.C14H28O2.Ca.2H/c1-3-5-7-9-11-13-15-16-18-20-22-24-26(27)28-25-23-21-19-17-14-12-10-8-6-4-2;1-2-3-4-5-6-7-8-9-10-11-12-13-14(15)16;;;/h3-25H2,1-2H3;2-13H2,1H3,(H,15,16);;;/q;;+2;2*-1. The Morgan fingerprint density at radius 2 is 0.644 bits per heavy atom. The van der Waals surface area contributed by atoms with E-state index in [1.165, 1.54) is 180 Å². The van der Waals surface area contributed by atoms with Gasteiger partial charge in [0.05, 0.1) is 6.61 Å². The number of carboxylic acid groups (broad SMARTS) is 1. The van der Waals surface area contributed by atoms with Gasteiger partial charge in [0, 0.05) is 12.8 Å². The van der Waals surface area contributed by atoms with Gasteiger partial charge in [0.1, 0.15) is 0 Å². The molecular weight excluding hydrogens is 585 g/mol. The number of carboxylic acids is 1. The van der Waals surface area contributed by atoms with Crippen molar-refractivity contribution in [1.82, 2.24) is 0 Å². The average Bonchev–Trinajstić information content (AvgIpc) is 3.01. The van der Waals surface area contributed by atoms with Crippen molar-refractivity contribution in [3.8, 4) is 0 Å². The molecule has 0 bridgehead atoms. The summed E-state index contributed by atoms with van der Waals surface area (Å²) in [4.78, 5) is 22.0. The van der Waals surface area contributed by atoms with Gasteiger partial charge in [0.15, 0.2) is 0 Å². The number of rotatable bonds is 35. The maximum Gasteiger partial charge on any atom is 2.00 e. The summed E-state index contributed by atoms with van der Waals surface area (Å²) in [7, 11) is 0. The number of carbonyl (C=O) groups is 2. The van der Waals surface area contributed by atoms with Crippen molar-refractivity contribution >= 4 is 49.7 Å². The molecule has 268 valence electrons. The second-order valence-electron chi connectivity index (χ2n) is 13.4. The van der Waals surface area contributed by atoms with E-state index >= 15 is 0 Å². The molecule has 0 saturated heterocycles. The molecule has 0 atom stereocenters. The average molecular weight is 667 g/mol. The van der Waals surface area contributed by atoms with Gasteiger partial charge in [-0.15, -0.1) is 0 Å². The molecule has 0 aliphatic carbocycles. The number of esters is 1. The minimum atomic E-state index is -0.657. The number of hydrogen-bond acceptors (Lipinski definition) is 3. The number of unbranched alkanes of at least 4 members (excludes halogenated alkanes) is 29. The van der Waals surface area contributed by atoms with E-state index in [1.807, 2.05) is 0 Å². The van der Waals surface area contributed by atoms with Gasteiger partial charge in [0.25, 0.3) is 0 Å². The summed E-state index contributed by atoms with van der Waals surface area (Å²) >= 11 is 0. The van der Waals surface area contributed by atoms with E-state index in [-0.39, 0.29) is 46.6 Å². The van der Waals surface area contributed by atoms with Crippen LogP contribution in [0, 0.1) is 0 Å². The quantitative estimate of drug-likeness (QED) is 0.0415. The monoisotopic (exact) mass is 667 g/mol. The second kappa shape index (κ2) is 46.3. The van der Waals surface area contributed by atoms with Gasteiger partial charge in [-0.1, -0.05) is 207 Å². The van der Waals surface area contributed by atoms with Crippen molar-refractivity contribution in [1.29, 1.82) is 0 Å². The molecule has 1 N–H and O–H groups in total. The van der Waals surface area contributed by atoms with E-state index < -0.39 is 5.97 Å². The van der Waals surface area contributed by atoms with Gasteiger partial charge in [-0.3, -0.25) is 9.59 Å². The van der Waals surface area contributed by atoms with Crippen molar-refractivity contribution in [2.75, 3.05) is 6.61 Å². The van der Waals surface area contributed by atoms with E-state index in [4.69, 9.17) is 9.84 Å². The van der Waals surface area contributed by atoms with Gasteiger partial charge >= 0.3 is 49.7 Å². The van der Waals surface area contributed by atoms with Gasteiger partial charge in [-0.25, -0.2) is 0 Å². The normalized spacial score (nSPS) is 10.6. The first kappa shape index (κ1) is 49.6. The largest absolute Gasteiger partial charge is 2.00 e. The summed E-state index contributed by atoms with van der Waals surface area (Å²) in [5, 5.41) is 8.46. The molecule has 0 fully saturated rings. The zero-order valence-corrected chi connectivity index (χ0v) is 33.3. The fourth-order valence-electron chi connectivity index (χ4n) is 5.72. The molecule has 0 radical (unpaired) electrons. The molecule has 0 aromatic rings. The topological polar surface area (TPSA) is 63.6 Å². The maximum absolute atomic E-state index is 11.7. The van der Waals surface area contributed by atoms with Crippen LogP contribution in [0.1, 0.15) is 242 Å². The van der Waals surface area contributed by atoms with Crippen molar-refractivity contribution < 1.29 is 22.3 Å². The molecule has 0 aromatic carbocycles. The van der Waals surface area contributed by atoms with Gasteiger partial charge < -0.3 is 12.7 Å². The summed E-state index contributed by atoms with van der Waals surface area (Å²) in [5.74, 6) is -0.636. The first-order chi connectivity index (χ1) is 21.6. The number of carbonyl (C=O) groups excluding carboxylic acids is 1. The Hall–Kier alpha value is 0.200. The molecule has 4 nitrogen and oxygen atoms in total. The van der Waals surface area contributed by atoms with Gasteiger partial charge in [-0.05, 0) is 19.3 Å².